The number of aromatic nitrogens is 1. The predicted octanol–water partition coefficient (Wildman–Crippen LogP) is 2.01. The molecule has 0 spiro atoms. The molecule has 10 heteroatoms. The fourth-order valence-corrected chi connectivity index (χ4v) is 4.58. The van der Waals surface area contributed by atoms with Gasteiger partial charge in [-0.1, -0.05) is 30.3 Å². The number of nitrogens with one attached hydrogen (secondary N) is 1. The van der Waals surface area contributed by atoms with Crippen LogP contribution in [0.3, 0.4) is 0 Å². The second-order valence-corrected chi connectivity index (χ2v) is 9.04. The molecule has 1 saturated heterocycles. The number of rotatable bonds is 7. The Hall–Kier alpha value is -2.46. The molecule has 0 radical (unpaired) electrons. The number of carbonyl (C=O) groups excluding carboxylic acids is 1. The summed E-state index contributed by atoms with van der Waals surface area (Å²) in [4.78, 5) is 15.4. The van der Waals surface area contributed by atoms with Gasteiger partial charge in [-0.25, -0.2) is 12.8 Å². The van der Waals surface area contributed by atoms with Gasteiger partial charge in [0, 0.05) is 23.4 Å². The van der Waals surface area contributed by atoms with Crippen molar-refractivity contribution in [3.05, 3.63) is 53.9 Å². The van der Waals surface area contributed by atoms with Crippen molar-refractivity contribution in [3.8, 4) is 11.1 Å². The molecular weight excluding hydrogens is 409 g/mol. The summed E-state index contributed by atoms with van der Waals surface area (Å²) in [6.45, 7) is -1.20. The summed E-state index contributed by atoms with van der Waals surface area (Å²) in [6, 6.07) is 8.37. The second kappa shape index (κ2) is 8.50. The molecule has 2 heterocycles. The van der Waals surface area contributed by atoms with Gasteiger partial charge in [0.1, 0.15) is 12.8 Å². The Morgan fingerprint density at radius 3 is 2.24 bits per heavy atom. The lowest BCUT2D eigenvalue weighted by Crippen LogP contribution is -2.43. The van der Waals surface area contributed by atoms with E-state index in [0.29, 0.717) is 5.69 Å². The number of pyridine rings is 1. The molecule has 1 amide bonds. The van der Waals surface area contributed by atoms with Crippen LogP contribution in [0.4, 0.5) is 13.2 Å². The first-order valence-corrected chi connectivity index (χ1v) is 10.6. The van der Waals surface area contributed by atoms with Crippen molar-refractivity contribution in [2.24, 2.45) is 0 Å². The molecule has 1 aromatic heterocycles. The van der Waals surface area contributed by atoms with Crippen LogP contribution >= 0.6 is 0 Å². The monoisotopic (exact) mass is 428 g/mol. The topological polar surface area (TPSA) is 96.4 Å². The first kappa shape index (κ1) is 21.3. The zero-order valence-electron chi connectivity index (χ0n) is 15.1. The molecule has 1 fully saturated rings. The van der Waals surface area contributed by atoms with Crippen molar-refractivity contribution in [2.45, 2.75) is 24.5 Å². The third-order valence-electron chi connectivity index (χ3n) is 4.77. The molecule has 0 aliphatic carbocycles. The van der Waals surface area contributed by atoms with Crippen LogP contribution in [0.15, 0.2) is 42.6 Å². The number of sulfone groups is 1. The maximum absolute atomic E-state index is 13.1. The van der Waals surface area contributed by atoms with E-state index < -0.39 is 41.0 Å². The predicted molar refractivity (Wildman–Crippen MR) is 99.9 cm³/mol. The summed E-state index contributed by atoms with van der Waals surface area (Å²) in [5, 5.41) is 12.0. The van der Waals surface area contributed by atoms with Crippen molar-refractivity contribution in [2.75, 3.05) is 18.2 Å². The molecule has 0 bridgehead atoms. The largest absolute Gasteiger partial charge is 0.386 e. The van der Waals surface area contributed by atoms with E-state index >= 15 is 0 Å². The number of aliphatic hydroxyl groups is 1. The van der Waals surface area contributed by atoms with Gasteiger partial charge in [0.05, 0.1) is 17.5 Å². The van der Waals surface area contributed by atoms with Crippen LogP contribution in [0.25, 0.3) is 11.1 Å². The van der Waals surface area contributed by atoms with Crippen molar-refractivity contribution in [1.29, 1.82) is 0 Å². The number of nitrogens with zero attached hydrogens (tertiary/aromatic N) is 1. The van der Waals surface area contributed by atoms with Gasteiger partial charge in [-0.05, 0) is 17.2 Å². The van der Waals surface area contributed by atoms with Gasteiger partial charge in [-0.3, -0.25) is 9.78 Å². The smallest absolute Gasteiger partial charge is 0.315 e. The van der Waals surface area contributed by atoms with Crippen LogP contribution < -0.4 is 5.32 Å². The maximum Gasteiger partial charge on any atom is 0.315 e. The number of benzene rings is 1. The Labute approximate surface area is 165 Å². The third-order valence-corrected chi connectivity index (χ3v) is 6.59. The minimum absolute atomic E-state index is 0.0901. The minimum atomic E-state index is -3.30. The number of alkyl halides is 3. The summed E-state index contributed by atoms with van der Waals surface area (Å²) in [6.07, 6.45) is -3.18. The van der Waals surface area contributed by atoms with Gasteiger partial charge in [0.15, 0.2) is 9.84 Å². The Bertz CT molecular complexity index is 954. The molecule has 0 saturated carbocycles. The van der Waals surface area contributed by atoms with Gasteiger partial charge in [0.25, 0.3) is 5.91 Å². The third kappa shape index (κ3) is 4.94. The van der Waals surface area contributed by atoms with E-state index in [2.05, 4.69) is 4.98 Å². The number of hydrogen-bond acceptors (Lipinski definition) is 5. The van der Waals surface area contributed by atoms with E-state index in [1.165, 1.54) is 12.1 Å². The highest BCUT2D eigenvalue weighted by molar-refractivity contribution is 7.92. The Morgan fingerprint density at radius 2 is 1.76 bits per heavy atom. The van der Waals surface area contributed by atoms with Crippen LogP contribution in [-0.4, -0.2) is 55.1 Å². The van der Waals surface area contributed by atoms with Crippen molar-refractivity contribution < 1.29 is 31.5 Å². The molecule has 3 rings (SSSR count). The summed E-state index contributed by atoms with van der Waals surface area (Å²) in [7, 11) is -2.93. The highest BCUT2D eigenvalue weighted by atomic mass is 32.2. The lowest BCUT2D eigenvalue weighted by molar-refractivity contribution is -0.133. The molecule has 1 aromatic carbocycles. The van der Waals surface area contributed by atoms with Crippen molar-refractivity contribution in [1.82, 2.24) is 10.3 Å². The normalized spacial score (nSPS) is 18.1. The lowest BCUT2D eigenvalue weighted by atomic mass is 9.99. The van der Waals surface area contributed by atoms with Crippen LogP contribution in [-0.2, 0) is 14.6 Å². The van der Waals surface area contributed by atoms with E-state index in [4.69, 9.17) is 0 Å². The number of carbonyl (C=O) groups is 1. The zero-order valence-corrected chi connectivity index (χ0v) is 15.9. The zero-order chi connectivity index (χ0) is 21.2. The highest BCUT2D eigenvalue weighted by Gasteiger charge is 2.35. The highest BCUT2D eigenvalue weighted by Crippen LogP contribution is 2.29. The summed E-state index contributed by atoms with van der Waals surface area (Å²) in [5.41, 5.74) is 2.46. The van der Waals surface area contributed by atoms with E-state index in [0.717, 1.165) is 11.1 Å². The molecule has 2 atom stereocenters. The van der Waals surface area contributed by atoms with Gasteiger partial charge in [-0.2, -0.15) is 8.78 Å². The molecular formula is C19H19F3N2O4S. The van der Waals surface area contributed by atoms with Gasteiger partial charge in [-0.15, -0.1) is 0 Å². The lowest BCUT2D eigenvalue weighted by Gasteiger charge is -2.25. The van der Waals surface area contributed by atoms with Gasteiger partial charge in [0.2, 0.25) is 0 Å². The fraction of sp³-hybridized carbons (Fsp3) is 0.368. The average molecular weight is 428 g/mol. The number of amides is 1. The van der Waals surface area contributed by atoms with Crippen LogP contribution in [0.5, 0.6) is 0 Å². The van der Waals surface area contributed by atoms with Gasteiger partial charge < -0.3 is 10.4 Å². The standard InChI is InChI=1S/C19H19F3N2O4S/c20-7-16(24-19(26)18(21)22)17(25)12-3-1-11(2-4-12)13-5-6-15(23-8-13)14-9-29(27,28)10-14/h1-6,8,14,16-18,25H,7,9-10H2,(H,24,26)/t16-,17-/m1/s1. The molecule has 2 aromatic rings. The maximum atomic E-state index is 13.1. The van der Waals surface area contributed by atoms with Crippen molar-refractivity contribution in [3.63, 3.8) is 0 Å². The van der Waals surface area contributed by atoms with Crippen LogP contribution in [0, 0.1) is 0 Å². The Balaban J connectivity index is 1.68. The average Bonchev–Trinajstić information content (AvgIpc) is 2.69. The number of halogens is 3. The summed E-state index contributed by atoms with van der Waals surface area (Å²) < 4.78 is 60.3. The number of aliphatic hydroxyl groups excluding tert-OH is 1. The van der Waals surface area contributed by atoms with Crippen LogP contribution in [0.2, 0.25) is 0 Å². The Morgan fingerprint density at radius 1 is 1.14 bits per heavy atom. The van der Waals surface area contributed by atoms with E-state index in [1.54, 1.807) is 35.8 Å². The second-order valence-electron chi connectivity index (χ2n) is 6.88. The molecule has 2 N–H and O–H groups in total. The fourth-order valence-electron chi connectivity index (χ4n) is 3.11. The SMILES string of the molecule is O=C(N[C@H](CF)[C@H](O)c1ccc(-c2ccc(C3CS(=O)(=O)C3)nc2)cc1)C(F)F. The van der Waals surface area contributed by atoms with E-state index in [9.17, 15) is 31.5 Å². The molecule has 6 nitrogen and oxygen atoms in total. The van der Waals surface area contributed by atoms with E-state index in [-0.39, 0.29) is 23.0 Å². The van der Waals surface area contributed by atoms with Crippen molar-refractivity contribution >= 4 is 15.7 Å². The molecule has 1 aliphatic heterocycles. The summed E-state index contributed by atoms with van der Waals surface area (Å²) in [5.74, 6) is -1.53. The first-order valence-electron chi connectivity index (χ1n) is 8.79. The number of hydrogen-bond donors (Lipinski definition) is 2. The molecule has 29 heavy (non-hydrogen) atoms. The molecule has 0 unspecified atom stereocenters. The molecule has 156 valence electrons. The minimum Gasteiger partial charge on any atom is -0.386 e. The van der Waals surface area contributed by atoms with Gasteiger partial charge >= 0.3 is 6.43 Å². The molecule has 1 aliphatic rings. The Kier molecular flexibility index (Phi) is 6.23. The first-order chi connectivity index (χ1) is 13.7. The summed E-state index contributed by atoms with van der Waals surface area (Å²) >= 11 is 0. The van der Waals surface area contributed by atoms with E-state index in [1.807, 2.05) is 0 Å². The quantitative estimate of drug-likeness (QED) is 0.703. The van der Waals surface area contributed by atoms with Crippen LogP contribution in [0.1, 0.15) is 23.3 Å².